The monoisotopic (exact) mass is 234 g/mol. The Labute approximate surface area is 101 Å². The Kier molecular flexibility index (Phi) is 5.58. The van der Waals surface area contributed by atoms with Crippen molar-refractivity contribution in [1.29, 1.82) is 0 Å². The second-order valence-electron chi connectivity index (χ2n) is 3.07. The Hall–Kier alpha value is -2.03. The van der Waals surface area contributed by atoms with E-state index in [9.17, 15) is 4.39 Å². The molecule has 0 amide bonds. The minimum atomic E-state index is 0.500. The highest BCUT2D eigenvalue weighted by atomic mass is 19.1. The maximum Gasteiger partial charge on any atom is 0.169 e. The summed E-state index contributed by atoms with van der Waals surface area (Å²) in [6, 6.07) is 17.2. The van der Waals surface area contributed by atoms with Gasteiger partial charge in [0.2, 0.25) is 0 Å². The van der Waals surface area contributed by atoms with Crippen molar-refractivity contribution in [3.63, 3.8) is 0 Å². The summed E-state index contributed by atoms with van der Waals surface area (Å²) in [7, 11) is 2.13. The summed E-state index contributed by atoms with van der Waals surface area (Å²) in [6.07, 6.45) is 0. The topological polar surface area (TPSA) is 18.5 Å². The van der Waals surface area contributed by atoms with E-state index >= 15 is 0 Å². The van der Waals surface area contributed by atoms with Crippen LogP contribution in [0.25, 0.3) is 0 Å². The first kappa shape index (κ1) is 13.0. The van der Waals surface area contributed by atoms with Gasteiger partial charge in [-0.05, 0) is 24.3 Å². The third kappa shape index (κ3) is 3.79. The normalized spacial score (nSPS) is 8.88. The molecule has 0 saturated carbocycles. The molecule has 2 aromatic carbocycles. The molecule has 0 aliphatic carbocycles. The molecule has 0 unspecified atom stereocenters. The molecule has 0 saturated heterocycles. The molecule has 0 N–H and O–H groups in total. The maximum atomic E-state index is 9.50. The number of ether oxygens (including phenoxy) is 2. The minimum Gasteiger partial charge on any atom is -0.493 e. The summed E-state index contributed by atoms with van der Waals surface area (Å²) in [6.45, 7) is 0. The Morgan fingerprint density at radius 2 is 1.29 bits per heavy atom. The smallest absolute Gasteiger partial charge is 0.169 e. The standard InChI is InChI=1S/C13H12O2.CH3F/c1-14-12-9-5-6-10-13(12)15-11-7-3-2-4-8-11;1-2/h2-10H,1H3;1H3. The lowest BCUT2D eigenvalue weighted by Crippen LogP contribution is -1.89. The van der Waals surface area contributed by atoms with E-state index in [1.165, 1.54) is 0 Å². The first-order valence-corrected chi connectivity index (χ1v) is 5.14. The van der Waals surface area contributed by atoms with E-state index in [1.807, 2.05) is 54.6 Å². The van der Waals surface area contributed by atoms with Crippen LogP contribution < -0.4 is 9.47 Å². The van der Waals surface area contributed by atoms with Gasteiger partial charge in [0, 0.05) is 0 Å². The van der Waals surface area contributed by atoms with Crippen LogP contribution >= 0.6 is 0 Å². The lowest BCUT2D eigenvalue weighted by Gasteiger charge is -2.09. The van der Waals surface area contributed by atoms with Crippen LogP contribution in [0.5, 0.6) is 17.2 Å². The lowest BCUT2D eigenvalue weighted by molar-refractivity contribution is 0.379. The van der Waals surface area contributed by atoms with E-state index in [-0.39, 0.29) is 0 Å². The van der Waals surface area contributed by atoms with Crippen LogP contribution in [0.2, 0.25) is 0 Å². The number of methoxy groups -OCH3 is 1. The second-order valence-corrected chi connectivity index (χ2v) is 3.07. The molecule has 0 fully saturated rings. The van der Waals surface area contributed by atoms with Crippen LogP contribution in [0.3, 0.4) is 0 Å². The van der Waals surface area contributed by atoms with Gasteiger partial charge in [0.25, 0.3) is 0 Å². The van der Waals surface area contributed by atoms with Crippen LogP contribution in [0.15, 0.2) is 54.6 Å². The fourth-order valence-electron chi connectivity index (χ4n) is 1.32. The molecule has 0 aromatic heterocycles. The Bertz CT molecular complexity index is 429. The van der Waals surface area contributed by atoms with E-state index in [0.717, 1.165) is 17.2 Å². The maximum absolute atomic E-state index is 9.50. The van der Waals surface area contributed by atoms with Crippen LogP contribution in [0.1, 0.15) is 0 Å². The largest absolute Gasteiger partial charge is 0.493 e. The van der Waals surface area contributed by atoms with Gasteiger partial charge in [-0.1, -0.05) is 30.3 Å². The predicted molar refractivity (Wildman–Crippen MR) is 66.5 cm³/mol. The number of rotatable bonds is 3. The predicted octanol–water partition coefficient (Wildman–Crippen LogP) is 4.07. The van der Waals surface area contributed by atoms with E-state index < -0.39 is 0 Å². The zero-order chi connectivity index (χ0) is 12.5. The Morgan fingerprint density at radius 3 is 1.88 bits per heavy atom. The molecule has 2 nitrogen and oxygen atoms in total. The SMILES string of the molecule is CF.COc1ccccc1Oc1ccccc1. The summed E-state index contributed by atoms with van der Waals surface area (Å²) in [5, 5.41) is 0. The average Bonchev–Trinajstić information content (AvgIpc) is 2.43. The van der Waals surface area contributed by atoms with Crippen molar-refractivity contribution in [2.24, 2.45) is 0 Å². The molecule has 0 atom stereocenters. The third-order valence-electron chi connectivity index (χ3n) is 2.04. The molecule has 0 aliphatic heterocycles. The van der Waals surface area contributed by atoms with Gasteiger partial charge >= 0.3 is 0 Å². The van der Waals surface area contributed by atoms with Gasteiger partial charge in [0.15, 0.2) is 11.5 Å². The molecule has 2 aromatic rings. The molecule has 0 radical (unpaired) electrons. The molecule has 17 heavy (non-hydrogen) atoms. The van der Waals surface area contributed by atoms with Crippen LogP contribution in [0.4, 0.5) is 4.39 Å². The highest BCUT2D eigenvalue weighted by Gasteiger charge is 2.02. The van der Waals surface area contributed by atoms with E-state index in [1.54, 1.807) is 7.11 Å². The van der Waals surface area contributed by atoms with Crippen LogP contribution in [0, 0.1) is 0 Å². The molecule has 2 rings (SSSR count). The van der Waals surface area contributed by atoms with Gasteiger partial charge in [-0.3, -0.25) is 4.39 Å². The third-order valence-corrected chi connectivity index (χ3v) is 2.04. The van der Waals surface area contributed by atoms with Crippen molar-refractivity contribution in [3.05, 3.63) is 54.6 Å². The van der Waals surface area contributed by atoms with Gasteiger partial charge < -0.3 is 9.47 Å². The van der Waals surface area contributed by atoms with E-state index in [0.29, 0.717) is 7.18 Å². The van der Waals surface area contributed by atoms with Gasteiger partial charge in [0.05, 0.1) is 14.3 Å². The molecule has 0 aliphatic rings. The number of hydrogen-bond acceptors (Lipinski definition) is 2. The number of para-hydroxylation sites is 3. The summed E-state index contributed by atoms with van der Waals surface area (Å²) < 4.78 is 20.4. The zero-order valence-electron chi connectivity index (χ0n) is 9.89. The number of alkyl halides is 1. The van der Waals surface area contributed by atoms with Crippen molar-refractivity contribution < 1.29 is 13.9 Å². The number of benzene rings is 2. The summed E-state index contributed by atoms with van der Waals surface area (Å²) >= 11 is 0. The Balaban J connectivity index is 0.000000686. The number of halogens is 1. The summed E-state index contributed by atoms with van der Waals surface area (Å²) in [5.74, 6) is 2.27. The fraction of sp³-hybridized carbons (Fsp3) is 0.143. The minimum absolute atomic E-state index is 0.500. The first-order valence-electron chi connectivity index (χ1n) is 5.14. The molecule has 0 heterocycles. The second kappa shape index (κ2) is 7.28. The first-order chi connectivity index (χ1) is 8.40. The van der Waals surface area contributed by atoms with Crippen molar-refractivity contribution >= 4 is 0 Å². The zero-order valence-corrected chi connectivity index (χ0v) is 9.89. The Morgan fingerprint density at radius 1 is 0.765 bits per heavy atom. The highest BCUT2D eigenvalue weighted by Crippen LogP contribution is 2.30. The van der Waals surface area contributed by atoms with Gasteiger partial charge in [-0.15, -0.1) is 0 Å². The van der Waals surface area contributed by atoms with Crippen LogP contribution in [-0.2, 0) is 0 Å². The van der Waals surface area contributed by atoms with Crippen molar-refractivity contribution in [2.75, 3.05) is 14.3 Å². The number of hydrogen-bond donors (Lipinski definition) is 0. The fourth-order valence-corrected chi connectivity index (χ4v) is 1.32. The van der Waals surface area contributed by atoms with Gasteiger partial charge in [0.1, 0.15) is 5.75 Å². The molecular formula is C14H15FO2. The van der Waals surface area contributed by atoms with Gasteiger partial charge in [-0.25, -0.2) is 0 Å². The van der Waals surface area contributed by atoms with Gasteiger partial charge in [-0.2, -0.15) is 0 Å². The summed E-state index contributed by atoms with van der Waals surface area (Å²) in [4.78, 5) is 0. The molecule has 0 bridgehead atoms. The van der Waals surface area contributed by atoms with Crippen LogP contribution in [-0.4, -0.2) is 14.3 Å². The van der Waals surface area contributed by atoms with E-state index in [4.69, 9.17) is 9.47 Å². The molecule has 0 spiro atoms. The van der Waals surface area contributed by atoms with Crippen molar-refractivity contribution in [1.82, 2.24) is 0 Å². The molecular weight excluding hydrogens is 219 g/mol. The average molecular weight is 234 g/mol. The van der Waals surface area contributed by atoms with E-state index in [2.05, 4.69) is 0 Å². The quantitative estimate of drug-likeness (QED) is 0.796. The molecule has 90 valence electrons. The van der Waals surface area contributed by atoms with Crippen molar-refractivity contribution in [2.45, 2.75) is 0 Å². The highest BCUT2D eigenvalue weighted by molar-refractivity contribution is 5.42. The lowest BCUT2D eigenvalue weighted by atomic mass is 10.3. The molecule has 3 heteroatoms. The van der Waals surface area contributed by atoms with Crippen molar-refractivity contribution in [3.8, 4) is 17.2 Å². The summed E-state index contributed by atoms with van der Waals surface area (Å²) in [5.41, 5.74) is 0.